The first-order valence-electron chi connectivity index (χ1n) is 11.3. The maximum Gasteiger partial charge on any atom is 1.00 e. The number of rotatable bonds is 8. The molecule has 0 aliphatic carbocycles. The predicted octanol–water partition coefficient (Wildman–Crippen LogP) is -6.56. The molecule has 24 heteroatoms. The van der Waals surface area contributed by atoms with Crippen LogP contribution in [0.3, 0.4) is 0 Å². The van der Waals surface area contributed by atoms with Crippen LogP contribution in [0.2, 0.25) is 0 Å². The van der Waals surface area contributed by atoms with E-state index in [4.69, 9.17) is 0 Å². The summed E-state index contributed by atoms with van der Waals surface area (Å²) in [5, 5.41) is 39.0. The third-order valence-electron chi connectivity index (χ3n) is 5.68. The fourth-order valence-electron chi connectivity index (χ4n) is 3.81. The van der Waals surface area contributed by atoms with Gasteiger partial charge in [-0.3, -0.25) is 0 Å². The second kappa shape index (κ2) is 14.8. The number of hydrogen-bond donors (Lipinski definition) is 6. The van der Waals surface area contributed by atoms with Gasteiger partial charge in [0.1, 0.15) is 0 Å². The molecule has 0 heterocycles. The van der Waals surface area contributed by atoms with E-state index in [2.05, 4.69) is 20.5 Å². The van der Waals surface area contributed by atoms with Crippen molar-refractivity contribution in [3.63, 3.8) is 0 Å². The summed E-state index contributed by atoms with van der Waals surface area (Å²) < 4.78 is 129. The average molecular weight is 820 g/mol. The average Bonchev–Trinajstić information content (AvgIpc) is 2.89. The summed E-state index contributed by atoms with van der Waals surface area (Å²) in [5.41, 5.74) is -3.43. The molecule has 18 nitrogen and oxygen atoms in total. The molecule has 0 bridgehead atoms. The van der Waals surface area contributed by atoms with Gasteiger partial charge in [0.2, 0.25) is 0 Å². The Morgan fingerprint density at radius 3 is 1.22 bits per heavy atom. The van der Waals surface area contributed by atoms with Crippen molar-refractivity contribution in [3.8, 4) is 11.5 Å². The molecular weight excluding hydrogens is 804 g/mol. The van der Waals surface area contributed by atoms with Crippen LogP contribution in [-0.4, -0.2) is 70.7 Å². The van der Waals surface area contributed by atoms with Crippen LogP contribution in [0.4, 0.5) is 22.7 Å². The SMILES string of the molecule is O=S(=O)(O)c1cc2cc(S(=O)(=O)O)c(N=Nc3ccccc3[As](=O)(O)O)c([O-])c2c([O-])c1N=Nc1ccccc1[As](=O)(O)O.[Na+].[Na+]. The molecule has 0 amide bonds. The van der Waals surface area contributed by atoms with Crippen LogP contribution in [0.5, 0.6) is 11.5 Å². The number of benzene rings is 4. The molecule has 0 aliphatic heterocycles. The van der Waals surface area contributed by atoms with Crippen LogP contribution in [0, 0.1) is 0 Å². The topological polar surface area (TPSA) is 319 Å². The molecular formula is C22H16As2N4Na2O14S2. The van der Waals surface area contributed by atoms with Crippen LogP contribution in [0.15, 0.2) is 90.9 Å². The van der Waals surface area contributed by atoms with Crippen molar-refractivity contribution < 1.29 is 119 Å². The summed E-state index contributed by atoms with van der Waals surface area (Å²) in [6.45, 7) is 0. The standard InChI is InChI=1S/C22H18As2N4O14S2.2Na/c29-21-18-11(9-16(43(37,38)39)19(21)27-25-14-7-3-1-5-12(14)23(31,32)33)10-17(44(40,41)42)20(22(18)30)28-26-15-8-4-2-6-13(15)24(34,35)36;;/h1-10,29-30H,(H2,31,32,33)(H2,34,35,36)(H,37,38,39)(H,40,41,42);;/q;2*+1/p-2. The molecule has 0 fully saturated rings. The van der Waals surface area contributed by atoms with Gasteiger partial charge in [-0.1, -0.05) is 0 Å². The van der Waals surface area contributed by atoms with E-state index >= 15 is 0 Å². The van der Waals surface area contributed by atoms with Gasteiger partial charge in [-0.25, -0.2) is 0 Å². The second-order valence-electron chi connectivity index (χ2n) is 8.62. The van der Waals surface area contributed by atoms with Gasteiger partial charge in [-0.15, -0.1) is 0 Å². The van der Waals surface area contributed by atoms with E-state index in [1.807, 2.05) is 0 Å². The normalized spacial score (nSPS) is 12.7. The maximum absolute atomic E-state index is 13.4. The molecule has 0 saturated heterocycles. The van der Waals surface area contributed by atoms with Gasteiger partial charge in [0.25, 0.3) is 0 Å². The van der Waals surface area contributed by atoms with Gasteiger partial charge >= 0.3 is 312 Å². The third-order valence-corrected chi connectivity index (χ3v) is 11.6. The molecule has 232 valence electrons. The Morgan fingerprint density at radius 2 is 0.913 bits per heavy atom. The van der Waals surface area contributed by atoms with Crippen LogP contribution >= 0.6 is 0 Å². The minimum atomic E-state index is -5.64. The molecule has 4 aromatic rings. The molecule has 6 N–H and O–H groups in total. The van der Waals surface area contributed by atoms with Crippen LogP contribution < -0.4 is 78.0 Å². The van der Waals surface area contributed by atoms with Crippen LogP contribution in [-0.2, 0) is 27.7 Å². The first-order chi connectivity index (χ1) is 20.2. The Balaban J connectivity index is 0.00000368. The second-order valence-corrected chi connectivity index (χ2v) is 18.0. The molecule has 0 saturated carbocycles. The molecule has 4 aromatic carbocycles. The first-order valence-corrected chi connectivity index (χ1v) is 21.0. The summed E-state index contributed by atoms with van der Waals surface area (Å²) in [6, 6.07) is 10.1. The minimum Gasteiger partial charge on any atom is 1.00 e. The maximum atomic E-state index is 13.4. The summed E-state index contributed by atoms with van der Waals surface area (Å²) >= 11 is -11.3. The molecule has 0 spiro atoms. The summed E-state index contributed by atoms with van der Waals surface area (Å²) in [7, 11) is -10.7. The molecule has 46 heavy (non-hydrogen) atoms. The third kappa shape index (κ3) is 8.86. The summed E-state index contributed by atoms with van der Waals surface area (Å²) in [4.78, 5) is -2.57. The molecule has 0 aliphatic rings. The number of hydrogen-bond acceptors (Lipinski definition) is 12. The van der Waals surface area contributed by atoms with Crippen molar-refractivity contribution >= 4 is 90.8 Å². The van der Waals surface area contributed by atoms with Gasteiger partial charge in [0.15, 0.2) is 0 Å². The molecule has 0 radical (unpaired) electrons. The zero-order chi connectivity index (χ0) is 32.8. The van der Waals surface area contributed by atoms with Gasteiger partial charge in [-0.05, 0) is 0 Å². The van der Waals surface area contributed by atoms with Gasteiger partial charge in [0.05, 0.1) is 0 Å². The van der Waals surface area contributed by atoms with E-state index in [-0.39, 0.29) is 59.1 Å². The fourth-order valence-corrected chi connectivity index (χ4v) is 8.05. The largest absolute Gasteiger partial charge is 1.00 e. The minimum absolute atomic E-state index is 0. The van der Waals surface area contributed by atoms with E-state index in [0.717, 1.165) is 24.3 Å². The first kappa shape index (κ1) is 40.5. The summed E-state index contributed by atoms with van der Waals surface area (Å²) in [5.74, 6) is -3.14. The number of fused-ring (bicyclic) bond motifs is 1. The van der Waals surface area contributed by atoms with Gasteiger partial charge in [-0.2, -0.15) is 0 Å². The van der Waals surface area contributed by atoms with E-state index in [1.165, 1.54) is 24.3 Å². The van der Waals surface area contributed by atoms with E-state index in [1.54, 1.807) is 0 Å². The van der Waals surface area contributed by atoms with Crippen LogP contribution in [0.1, 0.15) is 0 Å². The Morgan fingerprint density at radius 1 is 0.587 bits per heavy atom. The predicted molar refractivity (Wildman–Crippen MR) is 145 cm³/mol. The van der Waals surface area contributed by atoms with Crippen molar-refractivity contribution in [2.24, 2.45) is 20.5 Å². The number of nitrogens with zero attached hydrogens (tertiary/aromatic N) is 4. The van der Waals surface area contributed by atoms with Crippen molar-refractivity contribution in [2.45, 2.75) is 9.79 Å². The Hall–Kier alpha value is -1.68. The zero-order valence-corrected chi connectivity index (χ0v) is 32.6. The van der Waals surface area contributed by atoms with Gasteiger partial charge in [0, 0.05) is 0 Å². The van der Waals surface area contributed by atoms with E-state index in [9.17, 15) is 60.0 Å². The Labute approximate surface area is 309 Å². The van der Waals surface area contributed by atoms with Crippen molar-refractivity contribution in [3.05, 3.63) is 60.7 Å². The van der Waals surface area contributed by atoms with Crippen molar-refractivity contribution in [1.82, 2.24) is 0 Å². The smallest absolute Gasteiger partial charge is 1.00 e. The Bertz CT molecular complexity index is 2070. The Kier molecular flexibility index (Phi) is 13.1. The summed E-state index contributed by atoms with van der Waals surface area (Å²) in [6.07, 6.45) is 0. The number of azo groups is 2. The quantitative estimate of drug-likeness (QED) is 0.0547. The fraction of sp³-hybridized carbons (Fsp3) is 0. The van der Waals surface area contributed by atoms with E-state index in [0.29, 0.717) is 12.1 Å². The zero-order valence-electron chi connectivity index (χ0n) is 23.2. The molecule has 0 atom stereocenters. The van der Waals surface area contributed by atoms with E-state index < -0.39 is 112 Å². The van der Waals surface area contributed by atoms with Crippen molar-refractivity contribution in [1.29, 1.82) is 0 Å². The molecule has 0 unspecified atom stereocenters. The van der Waals surface area contributed by atoms with Crippen LogP contribution in [0.25, 0.3) is 10.8 Å². The molecule has 4 rings (SSSR count). The molecule has 0 aromatic heterocycles. The van der Waals surface area contributed by atoms with Gasteiger partial charge < -0.3 is 0 Å². The monoisotopic (exact) mass is 820 g/mol. The van der Waals surface area contributed by atoms with Crippen molar-refractivity contribution in [2.75, 3.05) is 0 Å².